The number of hydrogen-bond acceptors (Lipinski definition) is 6. The van der Waals surface area contributed by atoms with E-state index in [1.54, 1.807) is 42.5 Å². The third-order valence-corrected chi connectivity index (χ3v) is 6.20. The maximum Gasteiger partial charge on any atom is 0.311 e. The van der Waals surface area contributed by atoms with Crippen LogP contribution in [0, 0.1) is 10.1 Å². The minimum Gasteiger partial charge on any atom is -0.481 e. The molecular weight excluding hydrogens is 548 g/mol. The number of nitrogens with zero attached hydrogens (tertiary/aromatic N) is 4. The zero-order chi connectivity index (χ0) is 26.0. The number of nitro benzene ring substituents is 1. The monoisotopic (exact) mass is 568 g/mol. The standard InChI is InChI=1S/C26H22BrClN4O4/c1-26(2,3)25-30-21-12-11-18(27)13-19(21)24(33)31(25)29-14-16-8-6-10-22(32(34)35)23(16)36-15-17-7-4-5-9-20(17)28/h4-14H,15H2,1-3H3. The van der Waals surface area contributed by atoms with Crippen molar-refractivity contribution in [3.63, 3.8) is 0 Å². The summed E-state index contributed by atoms with van der Waals surface area (Å²) in [5, 5.41) is 17.0. The van der Waals surface area contributed by atoms with Gasteiger partial charge in [-0.3, -0.25) is 14.9 Å². The third kappa shape index (κ3) is 5.32. The molecular formula is C26H22BrClN4O4. The van der Waals surface area contributed by atoms with E-state index in [2.05, 4.69) is 26.0 Å². The maximum absolute atomic E-state index is 13.4. The Morgan fingerprint density at radius 2 is 1.92 bits per heavy atom. The van der Waals surface area contributed by atoms with Crippen LogP contribution < -0.4 is 10.3 Å². The minimum absolute atomic E-state index is 0.0180. The molecule has 0 saturated carbocycles. The average molecular weight is 570 g/mol. The number of fused-ring (bicyclic) bond motifs is 1. The van der Waals surface area contributed by atoms with Gasteiger partial charge < -0.3 is 4.74 Å². The molecule has 0 atom stereocenters. The van der Waals surface area contributed by atoms with Gasteiger partial charge in [0.25, 0.3) is 5.56 Å². The zero-order valence-electron chi connectivity index (χ0n) is 19.7. The number of rotatable bonds is 6. The van der Waals surface area contributed by atoms with E-state index in [1.807, 2.05) is 26.8 Å². The van der Waals surface area contributed by atoms with Crippen LogP contribution in [-0.2, 0) is 12.0 Å². The molecule has 8 nitrogen and oxygen atoms in total. The Morgan fingerprint density at radius 3 is 2.61 bits per heavy atom. The number of ether oxygens (including phenoxy) is 1. The van der Waals surface area contributed by atoms with Crippen molar-refractivity contribution >= 4 is 50.3 Å². The molecule has 0 fully saturated rings. The molecule has 0 N–H and O–H groups in total. The van der Waals surface area contributed by atoms with Gasteiger partial charge in [0.1, 0.15) is 12.4 Å². The largest absolute Gasteiger partial charge is 0.481 e. The predicted octanol–water partition coefficient (Wildman–Crippen LogP) is 6.48. The fourth-order valence-electron chi connectivity index (χ4n) is 3.57. The lowest BCUT2D eigenvalue weighted by Crippen LogP contribution is -2.29. The summed E-state index contributed by atoms with van der Waals surface area (Å²) in [5.74, 6) is 0.468. The van der Waals surface area contributed by atoms with Crippen LogP contribution in [0.2, 0.25) is 5.02 Å². The summed E-state index contributed by atoms with van der Waals surface area (Å²) in [6.45, 7) is 5.80. The summed E-state index contributed by atoms with van der Waals surface area (Å²) < 4.78 is 7.84. The molecule has 0 radical (unpaired) electrons. The molecule has 0 amide bonds. The van der Waals surface area contributed by atoms with Gasteiger partial charge in [0, 0.05) is 32.1 Å². The Kier molecular flexibility index (Phi) is 7.23. The van der Waals surface area contributed by atoms with Gasteiger partial charge in [0.2, 0.25) is 5.75 Å². The zero-order valence-corrected chi connectivity index (χ0v) is 22.1. The Morgan fingerprint density at radius 1 is 1.17 bits per heavy atom. The Hall–Kier alpha value is -3.56. The van der Waals surface area contributed by atoms with Crippen molar-refractivity contribution in [2.75, 3.05) is 0 Å². The highest BCUT2D eigenvalue weighted by Crippen LogP contribution is 2.32. The smallest absolute Gasteiger partial charge is 0.311 e. The SMILES string of the molecule is CC(C)(C)c1nc2ccc(Br)cc2c(=O)n1N=Cc1cccc([N+](=O)[O-])c1OCc1ccccc1Cl. The number of nitro groups is 1. The average Bonchev–Trinajstić information content (AvgIpc) is 2.82. The first-order valence-corrected chi connectivity index (χ1v) is 12.1. The molecule has 0 aliphatic heterocycles. The molecule has 4 aromatic rings. The molecule has 184 valence electrons. The third-order valence-electron chi connectivity index (χ3n) is 5.34. The van der Waals surface area contributed by atoms with Crippen LogP contribution in [0.15, 0.2) is 75.0 Å². The van der Waals surface area contributed by atoms with Crippen LogP contribution in [0.25, 0.3) is 10.9 Å². The number of aromatic nitrogens is 2. The predicted molar refractivity (Wildman–Crippen MR) is 144 cm³/mol. The van der Waals surface area contributed by atoms with Crippen LogP contribution in [0.4, 0.5) is 5.69 Å². The number of halogens is 2. The van der Waals surface area contributed by atoms with Crippen molar-refractivity contribution in [3.05, 3.63) is 108 Å². The first-order valence-electron chi connectivity index (χ1n) is 11.0. The molecule has 0 bridgehead atoms. The lowest BCUT2D eigenvalue weighted by molar-refractivity contribution is -0.385. The van der Waals surface area contributed by atoms with E-state index in [4.69, 9.17) is 16.3 Å². The Labute approximate surface area is 220 Å². The van der Waals surface area contributed by atoms with Crippen LogP contribution in [-0.4, -0.2) is 20.8 Å². The molecule has 0 aliphatic rings. The summed E-state index contributed by atoms with van der Waals surface area (Å²) in [6.07, 6.45) is 1.37. The van der Waals surface area contributed by atoms with Crippen molar-refractivity contribution in [3.8, 4) is 5.75 Å². The fourth-order valence-corrected chi connectivity index (χ4v) is 4.12. The second kappa shape index (κ2) is 10.2. The Balaban J connectivity index is 1.83. The minimum atomic E-state index is -0.527. The lowest BCUT2D eigenvalue weighted by Gasteiger charge is -2.21. The fraction of sp³-hybridized carbons (Fsp3) is 0.192. The molecule has 36 heavy (non-hydrogen) atoms. The van der Waals surface area contributed by atoms with Crippen LogP contribution >= 0.6 is 27.5 Å². The van der Waals surface area contributed by atoms with Gasteiger partial charge in [-0.2, -0.15) is 9.78 Å². The summed E-state index contributed by atoms with van der Waals surface area (Å²) in [6, 6.07) is 16.9. The molecule has 0 unspecified atom stereocenters. The van der Waals surface area contributed by atoms with Gasteiger partial charge in [-0.15, -0.1) is 0 Å². The summed E-state index contributed by atoms with van der Waals surface area (Å²) in [7, 11) is 0. The van der Waals surface area contributed by atoms with Crippen molar-refractivity contribution in [2.45, 2.75) is 32.8 Å². The highest BCUT2D eigenvalue weighted by molar-refractivity contribution is 9.10. The molecule has 1 aromatic heterocycles. The van der Waals surface area contributed by atoms with E-state index in [-0.39, 0.29) is 23.6 Å². The molecule has 10 heteroatoms. The Bertz CT molecular complexity index is 1560. The van der Waals surface area contributed by atoms with Gasteiger partial charge in [0.15, 0.2) is 0 Å². The van der Waals surface area contributed by atoms with Gasteiger partial charge >= 0.3 is 5.69 Å². The van der Waals surface area contributed by atoms with E-state index >= 15 is 0 Å². The maximum atomic E-state index is 13.4. The number of para-hydroxylation sites is 1. The highest BCUT2D eigenvalue weighted by atomic mass is 79.9. The van der Waals surface area contributed by atoms with Gasteiger partial charge in [-0.1, -0.05) is 72.6 Å². The summed E-state index contributed by atoms with van der Waals surface area (Å²) in [5.41, 5.74) is 0.470. The van der Waals surface area contributed by atoms with Crippen LogP contribution in [0.3, 0.4) is 0 Å². The van der Waals surface area contributed by atoms with Crippen molar-refractivity contribution in [2.24, 2.45) is 5.10 Å². The normalized spacial score (nSPS) is 11.8. The van der Waals surface area contributed by atoms with E-state index in [9.17, 15) is 14.9 Å². The quantitative estimate of drug-likeness (QED) is 0.150. The van der Waals surface area contributed by atoms with E-state index in [0.717, 1.165) is 4.47 Å². The molecule has 0 spiro atoms. The molecule has 0 saturated heterocycles. The molecule has 0 aliphatic carbocycles. The van der Waals surface area contributed by atoms with E-state index in [0.29, 0.717) is 32.9 Å². The first-order chi connectivity index (χ1) is 17.1. The van der Waals surface area contributed by atoms with Crippen molar-refractivity contribution < 1.29 is 9.66 Å². The van der Waals surface area contributed by atoms with Crippen LogP contribution in [0.5, 0.6) is 5.75 Å². The number of benzene rings is 3. The van der Waals surface area contributed by atoms with Crippen LogP contribution in [0.1, 0.15) is 37.7 Å². The second-order valence-corrected chi connectivity index (χ2v) is 10.4. The van der Waals surface area contributed by atoms with Crippen molar-refractivity contribution in [1.29, 1.82) is 0 Å². The van der Waals surface area contributed by atoms with Gasteiger partial charge in [-0.25, -0.2) is 4.98 Å². The van der Waals surface area contributed by atoms with E-state index in [1.165, 1.54) is 23.0 Å². The van der Waals surface area contributed by atoms with Gasteiger partial charge in [0.05, 0.1) is 22.0 Å². The lowest BCUT2D eigenvalue weighted by atomic mass is 9.95. The first kappa shape index (κ1) is 25.5. The molecule has 1 heterocycles. The summed E-state index contributed by atoms with van der Waals surface area (Å²) in [4.78, 5) is 29.3. The van der Waals surface area contributed by atoms with E-state index < -0.39 is 10.3 Å². The molecule has 4 rings (SSSR count). The highest BCUT2D eigenvalue weighted by Gasteiger charge is 2.24. The van der Waals surface area contributed by atoms with Crippen molar-refractivity contribution in [1.82, 2.24) is 9.66 Å². The second-order valence-electron chi connectivity index (χ2n) is 9.04. The summed E-state index contributed by atoms with van der Waals surface area (Å²) >= 11 is 9.61. The molecule has 3 aromatic carbocycles. The topological polar surface area (TPSA) is 99.6 Å². The number of hydrogen-bond donors (Lipinski definition) is 0. The van der Waals surface area contributed by atoms with Gasteiger partial charge in [-0.05, 0) is 30.3 Å².